The molecule has 1 aliphatic rings. The summed E-state index contributed by atoms with van der Waals surface area (Å²) in [6.07, 6.45) is 5.26. The number of oxazole rings is 1. The smallest absolute Gasteiger partial charge is 0.393 e. The van der Waals surface area contributed by atoms with Crippen molar-refractivity contribution in [3.8, 4) is 16.9 Å². The Morgan fingerprint density at radius 1 is 1.00 bits per heavy atom. The van der Waals surface area contributed by atoms with Gasteiger partial charge in [-0.25, -0.2) is 15.0 Å². The van der Waals surface area contributed by atoms with E-state index in [-0.39, 0.29) is 22.9 Å². The van der Waals surface area contributed by atoms with E-state index in [2.05, 4.69) is 54.8 Å². The highest BCUT2D eigenvalue weighted by Gasteiger charge is 2.33. The monoisotopic (exact) mass is 594 g/mol. The second kappa shape index (κ2) is 12.1. The van der Waals surface area contributed by atoms with Gasteiger partial charge in [-0.05, 0) is 42.5 Å². The zero-order chi connectivity index (χ0) is 29.1. The van der Waals surface area contributed by atoms with Crippen molar-refractivity contribution in [2.45, 2.75) is 56.4 Å². The molecule has 1 aromatic carbocycles. The van der Waals surface area contributed by atoms with Crippen molar-refractivity contribution in [1.29, 1.82) is 0 Å². The van der Waals surface area contributed by atoms with Gasteiger partial charge in [0, 0.05) is 41.2 Å². The van der Waals surface area contributed by atoms with Crippen molar-refractivity contribution < 1.29 is 22.3 Å². The summed E-state index contributed by atoms with van der Waals surface area (Å²) < 4.78 is 50.0. The zero-order valence-corrected chi connectivity index (χ0v) is 23.6. The van der Waals surface area contributed by atoms with Gasteiger partial charge >= 0.3 is 6.18 Å². The lowest BCUT2D eigenvalue weighted by molar-refractivity contribution is -0.126. The Bertz CT molecular complexity index is 1620. The maximum atomic E-state index is 13.0. The number of nitrogens with zero attached hydrogens (tertiary/aromatic N) is 4. The Morgan fingerprint density at radius 3 is 2.60 bits per heavy atom. The van der Waals surface area contributed by atoms with Crippen molar-refractivity contribution in [3.05, 3.63) is 83.9 Å². The lowest BCUT2D eigenvalue weighted by Crippen LogP contribution is -2.41. The summed E-state index contributed by atoms with van der Waals surface area (Å²) in [7, 11) is 1.62. The molecule has 42 heavy (non-hydrogen) atoms. The van der Waals surface area contributed by atoms with Gasteiger partial charge in [0.05, 0.1) is 31.3 Å². The van der Waals surface area contributed by atoms with Gasteiger partial charge in [-0.2, -0.15) is 13.2 Å². The highest BCUT2D eigenvalue weighted by atomic mass is 32.1. The maximum Gasteiger partial charge on any atom is 0.393 e. The highest BCUT2D eigenvalue weighted by molar-refractivity contribution is 7.18. The first-order valence-electron chi connectivity index (χ1n) is 13.6. The summed E-state index contributed by atoms with van der Waals surface area (Å²) in [5, 5.41) is 7.80. The lowest BCUT2D eigenvalue weighted by Gasteiger charge is -2.35. The summed E-state index contributed by atoms with van der Waals surface area (Å²) in [6.45, 7) is 0.676. The maximum absolute atomic E-state index is 13.0. The van der Waals surface area contributed by atoms with Crippen molar-refractivity contribution in [3.63, 3.8) is 0 Å². The van der Waals surface area contributed by atoms with E-state index >= 15 is 0 Å². The average molecular weight is 595 g/mol. The topological polar surface area (TPSA) is 98.0 Å². The molecule has 0 saturated heterocycles. The van der Waals surface area contributed by atoms with Gasteiger partial charge in [-0.15, -0.1) is 11.3 Å². The van der Waals surface area contributed by atoms with Gasteiger partial charge in [0.1, 0.15) is 29.0 Å². The first kappa shape index (κ1) is 28.1. The molecule has 8 nitrogen and oxygen atoms in total. The molecule has 4 aromatic heterocycles. The van der Waals surface area contributed by atoms with E-state index in [0.717, 1.165) is 47.3 Å². The molecule has 0 aliphatic heterocycles. The van der Waals surface area contributed by atoms with E-state index in [9.17, 15) is 13.2 Å². The molecule has 4 heterocycles. The zero-order valence-electron chi connectivity index (χ0n) is 22.8. The number of fused-ring (bicyclic) bond motifs is 1. The number of pyridine rings is 1. The van der Waals surface area contributed by atoms with Crippen LogP contribution in [0, 0.1) is 0 Å². The summed E-state index contributed by atoms with van der Waals surface area (Å²) >= 11 is 1.05. The minimum Gasteiger partial charge on any atom is -0.495 e. The summed E-state index contributed by atoms with van der Waals surface area (Å²) in [5.74, 6) is 2.01. The number of rotatable bonds is 9. The molecule has 1 fully saturated rings. The standard InChI is InChI=1S/C30H29F3N6O2S/c1-40-24-10-21(15-34-16-24)19-4-2-18(3-5-19)14-36-22-8-20(28-35-6-7-41-28)9-23(11-22)39-27-26-12-25(13-30(31,32)33)42-29(26)38-17-37-27/h2-7,10,12,15-17,20,22-23,36H,8-9,11,13-14H2,1H3,(H,37,38,39). The summed E-state index contributed by atoms with van der Waals surface area (Å²) in [5.41, 5.74) is 3.18. The van der Waals surface area contributed by atoms with Crippen LogP contribution in [0.1, 0.15) is 41.5 Å². The van der Waals surface area contributed by atoms with E-state index in [1.54, 1.807) is 31.8 Å². The van der Waals surface area contributed by atoms with Crippen molar-refractivity contribution >= 4 is 27.4 Å². The molecule has 218 valence electrons. The molecule has 1 saturated carbocycles. The third-order valence-electron chi connectivity index (χ3n) is 7.43. The predicted molar refractivity (Wildman–Crippen MR) is 155 cm³/mol. The van der Waals surface area contributed by atoms with Crippen LogP contribution in [-0.2, 0) is 13.0 Å². The molecule has 1 aliphatic carbocycles. The molecule has 2 N–H and O–H groups in total. The Kier molecular flexibility index (Phi) is 8.07. The lowest BCUT2D eigenvalue weighted by atomic mass is 9.82. The Balaban J connectivity index is 1.16. The van der Waals surface area contributed by atoms with Crippen LogP contribution in [0.25, 0.3) is 21.3 Å². The number of ether oxygens (including phenoxy) is 1. The number of hydrogen-bond donors (Lipinski definition) is 2. The normalized spacial score (nSPS) is 19.2. The van der Waals surface area contributed by atoms with Crippen molar-refractivity contribution in [2.24, 2.45) is 0 Å². The fourth-order valence-corrected chi connectivity index (χ4v) is 6.53. The largest absolute Gasteiger partial charge is 0.495 e. The summed E-state index contributed by atoms with van der Waals surface area (Å²) in [6, 6.07) is 12.0. The van der Waals surface area contributed by atoms with Gasteiger partial charge in [0.25, 0.3) is 0 Å². The van der Waals surface area contributed by atoms with E-state index < -0.39 is 12.6 Å². The number of nitrogens with one attached hydrogen (secondary N) is 2. The molecular formula is C30H29F3N6O2S. The number of thiophene rings is 1. The molecule has 3 atom stereocenters. The van der Waals surface area contributed by atoms with Crippen LogP contribution in [-0.4, -0.2) is 45.3 Å². The van der Waals surface area contributed by atoms with Crippen LogP contribution in [0.2, 0.25) is 0 Å². The Labute approximate surface area is 244 Å². The van der Waals surface area contributed by atoms with Crippen LogP contribution in [0.5, 0.6) is 5.75 Å². The second-order valence-corrected chi connectivity index (χ2v) is 11.6. The Hall–Kier alpha value is -4.03. The molecule has 0 spiro atoms. The van der Waals surface area contributed by atoms with Crippen LogP contribution in [0.15, 0.2) is 72.0 Å². The fraction of sp³-hybridized carbons (Fsp3) is 0.333. The quantitative estimate of drug-likeness (QED) is 0.193. The van der Waals surface area contributed by atoms with Crippen molar-refractivity contribution in [2.75, 3.05) is 12.4 Å². The number of benzene rings is 1. The SMILES string of the molecule is COc1cncc(-c2ccc(CNC3CC(Nc4ncnc5sc(CC(F)(F)F)cc45)CC(c4ncco4)C3)cc2)c1. The Morgan fingerprint density at radius 2 is 1.83 bits per heavy atom. The summed E-state index contributed by atoms with van der Waals surface area (Å²) in [4.78, 5) is 18.0. The van der Waals surface area contributed by atoms with Gasteiger partial charge in [-0.1, -0.05) is 24.3 Å². The van der Waals surface area contributed by atoms with Gasteiger partial charge in [0.2, 0.25) is 0 Å². The van der Waals surface area contributed by atoms with E-state index in [4.69, 9.17) is 9.15 Å². The van der Waals surface area contributed by atoms with E-state index in [1.807, 2.05) is 12.3 Å². The fourth-order valence-electron chi connectivity index (χ4n) is 5.51. The molecule has 12 heteroatoms. The third kappa shape index (κ3) is 6.71. The van der Waals surface area contributed by atoms with Crippen molar-refractivity contribution in [1.82, 2.24) is 25.3 Å². The molecule has 6 rings (SSSR count). The molecule has 0 radical (unpaired) electrons. The molecule has 0 amide bonds. The predicted octanol–water partition coefficient (Wildman–Crippen LogP) is 6.76. The average Bonchev–Trinajstić information content (AvgIpc) is 3.66. The number of halogens is 3. The second-order valence-electron chi connectivity index (χ2n) is 10.4. The van der Waals surface area contributed by atoms with Crippen LogP contribution in [0.3, 0.4) is 0 Å². The van der Waals surface area contributed by atoms with Crippen LogP contribution in [0.4, 0.5) is 19.0 Å². The number of alkyl halides is 3. The van der Waals surface area contributed by atoms with E-state index in [1.165, 1.54) is 6.33 Å². The van der Waals surface area contributed by atoms with Gasteiger partial charge in [-0.3, -0.25) is 4.98 Å². The van der Waals surface area contributed by atoms with Crippen LogP contribution < -0.4 is 15.4 Å². The third-order valence-corrected chi connectivity index (χ3v) is 8.48. The molecular weight excluding hydrogens is 565 g/mol. The number of anilines is 1. The number of methoxy groups -OCH3 is 1. The van der Waals surface area contributed by atoms with E-state index in [0.29, 0.717) is 34.2 Å². The minimum absolute atomic E-state index is 0.000142. The highest BCUT2D eigenvalue weighted by Crippen LogP contribution is 2.37. The number of hydrogen-bond acceptors (Lipinski definition) is 9. The minimum atomic E-state index is -4.28. The van der Waals surface area contributed by atoms with Crippen LogP contribution >= 0.6 is 11.3 Å². The molecule has 0 bridgehead atoms. The number of aromatic nitrogens is 4. The first-order chi connectivity index (χ1) is 20.3. The molecule has 3 unspecified atom stereocenters. The first-order valence-corrected chi connectivity index (χ1v) is 14.4. The van der Waals surface area contributed by atoms with Gasteiger partial charge in [0.15, 0.2) is 5.89 Å². The van der Waals surface area contributed by atoms with Gasteiger partial charge < -0.3 is 19.8 Å². The molecule has 5 aromatic rings.